The minimum absolute atomic E-state index is 0.0509. The van der Waals surface area contributed by atoms with Gasteiger partial charge in [0, 0.05) is 12.6 Å². The summed E-state index contributed by atoms with van der Waals surface area (Å²) in [7, 11) is 0. The molecule has 1 saturated carbocycles. The van der Waals surface area contributed by atoms with Gasteiger partial charge in [0.15, 0.2) is 23.3 Å². The van der Waals surface area contributed by atoms with Gasteiger partial charge in [-0.3, -0.25) is 0 Å². The van der Waals surface area contributed by atoms with Crippen molar-refractivity contribution in [3.05, 3.63) is 17.7 Å². The van der Waals surface area contributed by atoms with Gasteiger partial charge in [-0.1, -0.05) is 19.3 Å². The van der Waals surface area contributed by atoms with E-state index >= 15 is 0 Å². The standard InChI is InChI=1S/C12H18F2N4/c13-9-6-10(14)12(18-15)17-11(9)16-7-8-4-2-1-3-5-8/h6,8H,1-5,7,15H2,(H2,16,17,18). The normalized spacial score (nSPS) is 16.6. The second kappa shape index (κ2) is 5.95. The van der Waals surface area contributed by atoms with Crippen LogP contribution in [-0.4, -0.2) is 11.5 Å². The first-order chi connectivity index (χ1) is 8.70. The van der Waals surface area contributed by atoms with Crippen LogP contribution < -0.4 is 16.6 Å². The smallest absolute Gasteiger partial charge is 0.178 e. The Morgan fingerprint density at radius 2 is 1.83 bits per heavy atom. The zero-order valence-electron chi connectivity index (χ0n) is 10.2. The van der Waals surface area contributed by atoms with E-state index < -0.39 is 11.6 Å². The molecule has 1 aliphatic rings. The second-order valence-corrected chi connectivity index (χ2v) is 4.68. The van der Waals surface area contributed by atoms with Gasteiger partial charge in [0.05, 0.1) is 0 Å². The van der Waals surface area contributed by atoms with Gasteiger partial charge in [-0.2, -0.15) is 0 Å². The minimum atomic E-state index is -0.793. The molecular weight excluding hydrogens is 238 g/mol. The van der Waals surface area contributed by atoms with Crippen LogP contribution in [0.15, 0.2) is 6.07 Å². The van der Waals surface area contributed by atoms with Gasteiger partial charge < -0.3 is 10.7 Å². The Hall–Kier alpha value is -1.43. The molecule has 0 bridgehead atoms. The molecule has 18 heavy (non-hydrogen) atoms. The molecule has 6 heteroatoms. The average Bonchev–Trinajstić information content (AvgIpc) is 2.39. The van der Waals surface area contributed by atoms with Crippen molar-refractivity contribution in [3.8, 4) is 0 Å². The first-order valence-corrected chi connectivity index (χ1v) is 6.27. The van der Waals surface area contributed by atoms with E-state index in [9.17, 15) is 8.78 Å². The molecule has 1 aliphatic carbocycles. The molecule has 0 radical (unpaired) electrons. The Labute approximate surface area is 105 Å². The number of nitrogens with one attached hydrogen (secondary N) is 2. The van der Waals surface area contributed by atoms with Gasteiger partial charge in [-0.05, 0) is 18.8 Å². The molecule has 4 nitrogen and oxygen atoms in total. The Kier molecular flexibility index (Phi) is 4.30. The number of hydrogen-bond acceptors (Lipinski definition) is 4. The number of hydrogen-bond donors (Lipinski definition) is 3. The summed E-state index contributed by atoms with van der Waals surface area (Å²) < 4.78 is 26.6. The number of rotatable bonds is 4. The monoisotopic (exact) mass is 256 g/mol. The molecule has 100 valence electrons. The van der Waals surface area contributed by atoms with Gasteiger partial charge in [0.2, 0.25) is 0 Å². The number of pyridine rings is 1. The first-order valence-electron chi connectivity index (χ1n) is 6.27. The lowest BCUT2D eigenvalue weighted by molar-refractivity contribution is 0.373. The topological polar surface area (TPSA) is 63.0 Å². The first kappa shape index (κ1) is 13.0. The van der Waals surface area contributed by atoms with Crippen molar-refractivity contribution in [2.75, 3.05) is 17.3 Å². The van der Waals surface area contributed by atoms with E-state index in [1.54, 1.807) is 0 Å². The summed E-state index contributed by atoms with van der Waals surface area (Å²) in [4.78, 5) is 3.78. The number of aromatic nitrogens is 1. The summed E-state index contributed by atoms with van der Waals surface area (Å²) in [6.07, 6.45) is 6.03. The number of nitrogens with two attached hydrogens (primary N) is 1. The van der Waals surface area contributed by atoms with Crippen molar-refractivity contribution in [1.82, 2.24) is 4.98 Å². The third-order valence-electron chi connectivity index (χ3n) is 3.35. The summed E-state index contributed by atoms with van der Waals surface area (Å²) in [5.41, 5.74) is 2.11. The van der Waals surface area contributed by atoms with Crippen LogP contribution in [0.4, 0.5) is 20.4 Å². The zero-order chi connectivity index (χ0) is 13.0. The molecule has 0 unspecified atom stereocenters. The van der Waals surface area contributed by atoms with Gasteiger partial charge in [-0.25, -0.2) is 19.6 Å². The summed E-state index contributed by atoms with van der Waals surface area (Å²) in [5.74, 6) is 4.06. The third kappa shape index (κ3) is 3.07. The lowest BCUT2D eigenvalue weighted by Crippen LogP contribution is -2.19. The highest BCUT2D eigenvalue weighted by Gasteiger charge is 2.15. The van der Waals surface area contributed by atoms with E-state index in [0.717, 1.165) is 18.9 Å². The average molecular weight is 256 g/mol. The maximum absolute atomic E-state index is 13.5. The van der Waals surface area contributed by atoms with Crippen molar-refractivity contribution >= 4 is 11.6 Å². The van der Waals surface area contributed by atoms with Crippen LogP contribution in [0, 0.1) is 17.6 Å². The fourth-order valence-electron chi connectivity index (χ4n) is 2.32. The van der Waals surface area contributed by atoms with Crippen molar-refractivity contribution in [3.63, 3.8) is 0 Å². The van der Waals surface area contributed by atoms with E-state index in [4.69, 9.17) is 5.84 Å². The summed E-state index contributed by atoms with van der Waals surface area (Å²) >= 11 is 0. The highest BCUT2D eigenvalue weighted by molar-refractivity contribution is 5.46. The molecule has 0 saturated heterocycles. The molecule has 1 aromatic rings. The fraction of sp³-hybridized carbons (Fsp3) is 0.583. The SMILES string of the molecule is NNc1nc(NCC2CCCCC2)c(F)cc1F. The molecule has 0 amide bonds. The van der Waals surface area contributed by atoms with Crippen LogP contribution in [0.25, 0.3) is 0 Å². The predicted octanol–water partition coefficient (Wildman–Crippen LogP) is 2.64. The summed E-state index contributed by atoms with van der Waals surface area (Å²) in [6, 6.07) is 0.783. The Balaban J connectivity index is 1.99. The number of halogens is 2. The van der Waals surface area contributed by atoms with Crippen LogP contribution in [0.5, 0.6) is 0 Å². The van der Waals surface area contributed by atoms with Gasteiger partial charge in [0.25, 0.3) is 0 Å². The number of nitrogens with zero attached hydrogens (tertiary/aromatic N) is 1. The highest BCUT2D eigenvalue weighted by atomic mass is 19.1. The van der Waals surface area contributed by atoms with E-state index in [0.29, 0.717) is 12.5 Å². The number of hydrazine groups is 1. The van der Waals surface area contributed by atoms with Gasteiger partial charge >= 0.3 is 0 Å². The second-order valence-electron chi connectivity index (χ2n) is 4.68. The zero-order valence-corrected chi connectivity index (χ0v) is 10.2. The maximum atomic E-state index is 13.5. The molecule has 1 aromatic heterocycles. The molecule has 1 fully saturated rings. The summed E-state index contributed by atoms with van der Waals surface area (Å²) in [6.45, 7) is 0.666. The van der Waals surface area contributed by atoms with E-state index in [-0.39, 0.29) is 11.6 Å². The quantitative estimate of drug-likeness (QED) is 0.572. The van der Waals surface area contributed by atoms with Crippen molar-refractivity contribution < 1.29 is 8.78 Å². The van der Waals surface area contributed by atoms with Gasteiger partial charge in [0.1, 0.15) is 0 Å². The lowest BCUT2D eigenvalue weighted by atomic mass is 9.89. The van der Waals surface area contributed by atoms with Crippen LogP contribution in [-0.2, 0) is 0 Å². The predicted molar refractivity (Wildman–Crippen MR) is 67.0 cm³/mol. The number of anilines is 2. The Morgan fingerprint density at radius 1 is 1.17 bits per heavy atom. The lowest BCUT2D eigenvalue weighted by Gasteiger charge is -2.22. The molecule has 2 rings (SSSR count). The van der Waals surface area contributed by atoms with E-state index in [1.807, 2.05) is 0 Å². The highest BCUT2D eigenvalue weighted by Crippen LogP contribution is 2.25. The van der Waals surface area contributed by atoms with Gasteiger partial charge in [-0.15, -0.1) is 0 Å². The minimum Gasteiger partial charge on any atom is -0.367 e. The van der Waals surface area contributed by atoms with Crippen molar-refractivity contribution in [1.29, 1.82) is 0 Å². The molecule has 1 heterocycles. The van der Waals surface area contributed by atoms with E-state index in [2.05, 4.69) is 15.7 Å². The van der Waals surface area contributed by atoms with Crippen LogP contribution >= 0.6 is 0 Å². The fourth-order valence-corrected chi connectivity index (χ4v) is 2.32. The molecular formula is C12H18F2N4. The van der Waals surface area contributed by atoms with Crippen LogP contribution in [0.2, 0.25) is 0 Å². The third-order valence-corrected chi connectivity index (χ3v) is 3.35. The van der Waals surface area contributed by atoms with E-state index in [1.165, 1.54) is 19.3 Å². The largest absolute Gasteiger partial charge is 0.367 e. The molecule has 0 aromatic carbocycles. The Bertz CT molecular complexity index is 405. The maximum Gasteiger partial charge on any atom is 0.178 e. The van der Waals surface area contributed by atoms with Crippen LogP contribution in [0.1, 0.15) is 32.1 Å². The van der Waals surface area contributed by atoms with Crippen molar-refractivity contribution in [2.45, 2.75) is 32.1 Å². The molecule has 4 N–H and O–H groups in total. The van der Waals surface area contributed by atoms with Crippen LogP contribution in [0.3, 0.4) is 0 Å². The molecule has 0 spiro atoms. The summed E-state index contributed by atoms with van der Waals surface area (Å²) in [5, 5.41) is 2.94. The van der Waals surface area contributed by atoms with Crippen molar-refractivity contribution in [2.24, 2.45) is 11.8 Å². The Morgan fingerprint density at radius 3 is 2.50 bits per heavy atom. The molecule has 0 atom stereocenters. The number of nitrogen functional groups attached to an aromatic ring is 1. The molecule has 0 aliphatic heterocycles.